The summed E-state index contributed by atoms with van der Waals surface area (Å²) in [5, 5.41) is 0.769. The monoisotopic (exact) mass is 223 g/mol. The van der Waals surface area contributed by atoms with Crippen LogP contribution in [0.4, 0.5) is 0 Å². The van der Waals surface area contributed by atoms with E-state index in [0.29, 0.717) is 11.9 Å². The first kappa shape index (κ1) is 10.3. The number of guanidine groups is 1. The number of nitrogens with zero attached hydrogens (tertiary/aromatic N) is 2. The van der Waals surface area contributed by atoms with Gasteiger partial charge in [0.25, 0.3) is 0 Å². The summed E-state index contributed by atoms with van der Waals surface area (Å²) >= 11 is 5.84. The van der Waals surface area contributed by atoms with Gasteiger partial charge in [0.05, 0.1) is 6.54 Å². The number of rotatable bonds is 1. The standard InChI is InChI=1S/C11H14ClN3/c1-15-7-9(6-14-11(15)13)8-2-4-10(12)5-3-8/h2-5,9H,6-7H2,1H3,(H2,13,14). The number of halogens is 1. The lowest BCUT2D eigenvalue weighted by molar-refractivity contribution is 0.422. The van der Waals surface area contributed by atoms with Crippen molar-refractivity contribution < 1.29 is 0 Å². The maximum atomic E-state index is 5.84. The predicted octanol–water partition coefficient (Wildman–Crippen LogP) is 1.68. The first-order valence-corrected chi connectivity index (χ1v) is 5.31. The highest BCUT2D eigenvalue weighted by Gasteiger charge is 2.19. The molecule has 0 saturated heterocycles. The maximum absolute atomic E-state index is 5.84. The van der Waals surface area contributed by atoms with Crippen LogP contribution >= 0.6 is 11.6 Å². The lowest BCUT2D eigenvalue weighted by Crippen LogP contribution is -2.41. The number of hydrogen-bond acceptors (Lipinski definition) is 3. The Morgan fingerprint density at radius 1 is 1.40 bits per heavy atom. The molecule has 1 aromatic carbocycles. The fourth-order valence-electron chi connectivity index (χ4n) is 1.75. The zero-order valence-corrected chi connectivity index (χ0v) is 9.41. The average Bonchev–Trinajstić information content (AvgIpc) is 2.23. The molecule has 0 radical (unpaired) electrons. The molecule has 1 unspecified atom stereocenters. The number of hydrogen-bond donors (Lipinski definition) is 1. The van der Waals surface area contributed by atoms with Gasteiger partial charge in [0.2, 0.25) is 0 Å². The van der Waals surface area contributed by atoms with Crippen molar-refractivity contribution in [3.8, 4) is 0 Å². The van der Waals surface area contributed by atoms with E-state index in [1.165, 1.54) is 5.56 Å². The van der Waals surface area contributed by atoms with Gasteiger partial charge < -0.3 is 10.6 Å². The maximum Gasteiger partial charge on any atom is 0.191 e. The van der Waals surface area contributed by atoms with E-state index in [1.54, 1.807) is 0 Å². The molecule has 0 aromatic heterocycles. The molecule has 0 bridgehead atoms. The van der Waals surface area contributed by atoms with Crippen LogP contribution in [0.15, 0.2) is 29.3 Å². The summed E-state index contributed by atoms with van der Waals surface area (Å²) < 4.78 is 0. The van der Waals surface area contributed by atoms with Crippen molar-refractivity contribution in [3.63, 3.8) is 0 Å². The van der Waals surface area contributed by atoms with E-state index < -0.39 is 0 Å². The van der Waals surface area contributed by atoms with Crippen LogP contribution in [0.5, 0.6) is 0 Å². The molecule has 80 valence electrons. The third-order valence-corrected chi connectivity index (χ3v) is 2.95. The van der Waals surface area contributed by atoms with Crippen molar-refractivity contribution >= 4 is 17.6 Å². The number of aliphatic imine (C=N–C) groups is 1. The Morgan fingerprint density at radius 3 is 2.67 bits per heavy atom. The molecule has 1 aliphatic rings. The number of likely N-dealkylation sites (N-methyl/N-ethyl adjacent to an activating group) is 1. The first-order valence-electron chi connectivity index (χ1n) is 4.93. The molecule has 0 spiro atoms. The lowest BCUT2D eigenvalue weighted by atomic mass is 9.98. The minimum atomic E-state index is 0.416. The van der Waals surface area contributed by atoms with Gasteiger partial charge in [-0.2, -0.15) is 0 Å². The van der Waals surface area contributed by atoms with E-state index in [-0.39, 0.29) is 0 Å². The van der Waals surface area contributed by atoms with E-state index in [0.717, 1.165) is 18.1 Å². The smallest absolute Gasteiger partial charge is 0.191 e. The second kappa shape index (κ2) is 4.11. The highest BCUT2D eigenvalue weighted by molar-refractivity contribution is 6.30. The third kappa shape index (κ3) is 2.23. The molecule has 3 nitrogen and oxygen atoms in total. The molecule has 2 N–H and O–H groups in total. The van der Waals surface area contributed by atoms with E-state index in [1.807, 2.05) is 24.1 Å². The summed E-state index contributed by atoms with van der Waals surface area (Å²) in [6, 6.07) is 7.94. The molecule has 15 heavy (non-hydrogen) atoms. The molecular weight excluding hydrogens is 210 g/mol. The minimum absolute atomic E-state index is 0.416. The van der Waals surface area contributed by atoms with Crippen molar-refractivity contribution in [2.75, 3.05) is 20.1 Å². The largest absolute Gasteiger partial charge is 0.370 e. The van der Waals surface area contributed by atoms with Gasteiger partial charge in [-0.25, -0.2) is 0 Å². The van der Waals surface area contributed by atoms with Crippen molar-refractivity contribution in [2.24, 2.45) is 10.7 Å². The summed E-state index contributed by atoms with van der Waals surface area (Å²) in [6.45, 7) is 1.68. The molecule has 1 aliphatic heterocycles. The van der Waals surface area contributed by atoms with Gasteiger partial charge in [-0.15, -0.1) is 0 Å². The van der Waals surface area contributed by atoms with Crippen molar-refractivity contribution in [1.82, 2.24) is 4.90 Å². The Morgan fingerprint density at radius 2 is 2.07 bits per heavy atom. The molecule has 0 aliphatic carbocycles. The molecule has 1 aromatic rings. The summed E-state index contributed by atoms with van der Waals surface area (Å²) in [4.78, 5) is 6.25. The molecule has 0 amide bonds. The summed E-state index contributed by atoms with van der Waals surface area (Å²) in [5.41, 5.74) is 6.96. The van der Waals surface area contributed by atoms with E-state index in [2.05, 4.69) is 17.1 Å². The fraction of sp³-hybridized carbons (Fsp3) is 0.364. The number of nitrogens with two attached hydrogens (primary N) is 1. The quantitative estimate of drug-likeness (QED) is 0.787. The van der Waals surface area contributed by atoms with Crippen molar-refractivity contribution in [1.29, 1.82) is 0 Å². The Kier molecular flexibility index (Phi) is 2.82. The van der Waals surface area contributed by atoms with Crippen LogP contribution in [-0.4, -0.2) is 31.0 Å². The predicted molar refractivity (Wildman–Crippen MR) is 63.3 cm³/mol. The molecule has 0 saturated carbocycles. The average molecular weight is 224 g/mol. The summed E-state index contributed by atoms with van der Waals surface area (Å²) in [5.74, 6) is 1.04. The third-order valence-electron chi connectivity index (χ3n) is 2.70. The van der Waals surface area contributed by atoms with Crippen molar-refractivity contribution in [3.05, 3.63) is 34.9 Å². The van der Waals surface area contributed by atoms with Crippen LogP contribution in [0.1, 0.15) is 11.5 Å². The lowest BCUT2D eigenvalue weighted by Gasteiger charge is -2.28. The van der Waals surface area contributed by atoms with Crippen molar-refractivity contribution in [2.45, 2.75) is 5.92 Å². The SMILES string of the molecule is CN1CC(c2ccc(Cl)cc2)CN=C1N. The van der Waals surface area contributed by atoms with Gasteiger partial charge in [-0.05, 0) is 17.7 Å². The fourth-order valence-corrected chi connectivity index (χ4v) is 1.88. The van der Waals surface area contributed by atoms with Gasteiger partial charge in [-0.1, -0.05) is 23.7 Å². The van der Waals surface area contributed by atoms with E-state index in [9.17, 15) is 0 Å². The Bertz CT molecular complexity index is 372. The number of benzene rings is 1. The molecular formula is C11H14ClN3. The second-order valence-electron chi connectivity index (χ2n) is 3.83. The Hall–Kier alpha value is -1.22. The van der Waals surface area contributed by atoms with Gasteiger partial charge >= 0.3 is 0 Å². The van der Waals surface area contributed by atoms with E-state index >= 15 is 0 Å². The second-order valence-corrected chi connectivity index (χ2v) is 4.26. The zero-order chi connectivity index (χ0) is 10.8. The highest BCUT2D eigenvalue weighted by Crippen LogP contribution is 2.21. The minimum Gasteiger partial charge on any atom is -0.370 e. The first-order chi connectivity index (χ1) is 7.16. The summed E-state index contributed by atoms with van der Waals surface area (Å²) in [7, 11) is 1.96. The van der Waals surface area contributed by atoms with Gasteiger partial charge in [0, 0.05) is 24.5 Å². The molecule has 1 atom stereocenters. The Balaban J connectivity index is 2.16. The van der Waals surface area contributed by atoms with Gasteiger partial charge in [0.15, 0.2) is 5.96 Å². The molecule has 2 rings (SSSR count). The van der Waals surface area contributed by atoms with Crippen LogP contribution in [-0.2, 0) is 0 Å². The molecule has 4 heteroatoms. The summed E-state index contributed by atoms with van der Waals surface area (Å²) in [6.07, 6.45) is 0. The van der Waals surface area contributed by atoms with Crippen LogP contribution in [0.3, 0.4) is 0 Å². The van der Waals surface area contributed by atoms with Crippen LogP contribution in [0.25, 0.3) is 0 Å². The normalized spacial score (nSPS) is 21.3. The van der Waals surface area contributed by atoms with Crippen LogP contribution in [0.2, 0.25) is 5.02 Å². The van der Waals surface area contributed by atoms with Gasteiger partial charge in [0.1, 0.15) is 0 Å². The Labute approximate surface area is 94.5 Å². The van der Waals surface area contributed by atoms with Crippen LogP contribution in [0, 0.1) is 0 Å². The van der Waals surface area contributed by atoms with E-state index in [4.69, 9.17) is 17.3 Å². The zero-order valence-electron chi connectivity index (χ0n) is 8.65. The molecule has 0 fully saturated rings. The highest BCUT2D eigenvalue weighted by atomic mass is 35.5. The molecule has 1 heterocycles. The topological polar surface area (TPSA) is 41.6 Å². The van der Waals surface area contributed by atoms with Gasteiger partial charge in [-0.3, -0.25) is 4.99 Å². The van der Waals surface area contributed by atoms with Crippen LogP contribution < -0.4 is 5.73 Å².